The Morgan fingerprint density at radius 3 is 2.62 bits per heavy atom. The average Bonchev–Trinajstić information content (AvgIpc) is 2.25. The number of hydrogen-bond donors (Lipinski definition) is 2. The van der Waals surface area contributed by atoms with E-state index in [9.17, 15) is 9.90 Å². The molecule has 4 nitrogen and oxygen atoms in total. The number of rotatable bonds is 2. The molecule has 1 aliphatic heterocycles. The van der Waals surface area contributed by atoms with Crippen molar-refractivity contribution in [3.8, 4) is 0 Å². The molecule has 1 aliphatic rings. The molecule has 0 aromatic heterocycles. The van der Waals surface area contributed by atoms with Crippen LogP contribution in [0.3, 0.4) is 0 Å². The monoisotopic (exact) mass is 228 g/mol. The van der Waals surface area contributed by atoms with Crippen molar-refractivity contribution >= 4 is 5.91 Å². The van der Waals surface area contributed by atoms with Gasteiger partial charge in [-0.15, -0.1) is 0 Å². The van der Waals surface area contributed by atoms with Crippen LogP contribution in [0.4, 0.5) is 0 Å². The normalized spacial score (nSPS) is 24.3. The number of carbonyl (C=O) groups is 1. The van der Waals surface area contributed by atoms with Crippen molar-refractivity contribution in [1.82, 2.24) is 4.90 Å². The van der Waals surface area contributed by atoms with Crippen molar-refractivity contribution in [3.63, 3.8) is 0 Å². The highest BCUT2D eigenvalue weighted by Gasteiger charge is 2.34. The summed E-state index contributed by atoms with van der Waals surface area (Å²) in [5.74, 6) is -0.0220. The van der Waals surface area contributed by atoms with Gasteiger partial charge in [0.2, 0.25) is 5.91 Å². The van der Waals surface area contributed by atoms with Gasteiger partial charge in [0, 0.05) is 6.54 Å². The molecular weight excluding hydrogens is 204 g/mol. The highest BCUT2D eigenvalue weighted by atomic mass is 16.3. The lowest BCUT2D eigenvalue weighted by Crippen LogP contribution is -2.55. The van der Waals surface area contributed by atoms with E-state index in [1.807, 2.05) is 20.8 Å². The van der Waals surface area contributed by atoms with Crippen molar-refractivity contribution in [3.05, 3.63) is 0 Å². The zero-order valence-electron chi connectivity index (χ0n) is 10.6. The Balaban J connectivity index is 2.71. The summed E-state index contributed by atoms with van der Waals surface area (Å²) in [6, 6.07) is -0.519. The molecule has 0 aromatic carbocycles. The lowest BCUT2D eigenvalue weighted by atomic mass is 9.85. The van der Waals surface area contributed by atoms with Crippen LogP contribution in [-0.4, -0.2) is 41.1 Å². The Labute approximate surface area is 97.8 Å². The number of amides is 1. The number of nitrogens with zero attached hydrogens (tertiary/aromatic N) is 1. The summed E-state index contributed by atoms with van der Waals surface area (Å²) in [5, 5.41) is 9.26. The molecule has 2 atom stereocenters. The molecular formula is C12H24N2O2. The summed E-state index contributed by atoms with van der Waals surface area (Å²) >= 11 is 0. The fraction of sp³-hybridized carbons (Fsp3) is 0.917. The number of carbonyl (C=O) groups excluding carboxylic acids is 1. The maximum atomic E-state index is 12.2. The van der Waals surface area contributed by atoms with Crippen molar-refractivity contribution in [2.24, 2.45) is 11.1 Å². The van der Waals surface area contributed by atoms with E-state index >= 15 is 0 Å². The molecule has 0 spiro atoms. The number of aliphatic hydroxyl groups is 1. The molecule has 4 heteroatoms. The van der Waals surface area contributed by atoms with Gasteiger partial charge in [-0.3, -0.25) is 4.79 Å². The highest BCUT2D eigenvalue weighted by Crippen LogP contribution is 2.23. The highest BCUT2D eigenvalue weighted by molar-refractivity contribution is 5.82. The summed E-state index contributed by atoms with van der Waals surface area (Å²) in [6.45, 7) is 6.67. The van der Waals surface area contributed by atoms with Gasteiger partial charge in [-0.25, -0.2) is 0 Å². The second-order valence-corrected chi connectivity index (χ2v) is 5.71. The van der Waals surface area contributed by atoms with E-state index in [-0.39, 0.29) is 24.0 Å². The summed E-state index contributed by atoms with van der Waals surface area (Å²) in [5.41, 5.74) is 5.74. The van der Waals surface area contributed by atoms with Crippen LogP contribution < -0.4 is 5.73 Å². The molecule has 1 heterocycles. The first-order valence-electron chi connectivity index (χ1n) is 6.05. The molecule has 0 aromatic rings. The predicted octanol–water partition coefficient (Wildman–Crippen LogP) is 0.733. The van der Waals surface area contributed by atoms with Gasteiger partial charge >= 0.3 is 0 Å². The van der Waals surface area contributed by atoms with Crippen LogP contribution in [0, 0.1) is 5.41 Å². The number of piperidine rings is 1. The fourth-order valence-electron chi connectivity index (χ4n) is 2.03. The smallest absolute Gasteiger partial charge is 0.240 e. The molecule has 16 heavy (non-hydrogen) atoms. The molecule has 1 amide bonds. The van der Waals surface area contributed by atoms with Crippen molar-refractivity contribution < 1.29 is 9.90 Å². The van der Waals surface area contributed by atoms with Crippen LogP contribution in [0.5, 0.6) is 0 Å². The quantitative estimate of drug-likeness (QED) is 0.732. The third-order valence-electron chi connectivity index (χ3n) is 3.32. The van der Waals surface area contributed by atoms with E-state index in [0.29, 0.717) is 0 Å². The largest absolute Gasteiger partial charge is 0.394 e. The molecule has 0 saturated carbocycles. The molecule has 94 valence electrons. The van der Waals surface area contributed by atoms with Gasteiger partial charge in [0.05, 0.1) is 18.7 Å². The number of aliphatic hydroxyl groups excluding tert-OH is 1. The Hall–Kier alpha value is -0.610. The van der Waals surface area contributed by atoms with Gasteiger partial charge in [0.15, 0.2) is 0 Å². The van der Waals surface area contributed by atoms with E-state index in [1.54, 1.807) is 4.90 Å². The zero-order chi connectivity index (χ0) is 12.3. The van der Waals surface area contributed by atoms with Crippen LogP contribution in [0.15, 0.2) is 0 Å². The average molecular weight is 228 g/mol. The predicted molar refractivity (Wildman–Crippen MR) is 63.9 cm³/mol. The number of nitrogens with two attached hydrogens (primary N) is 1. The van der Waals surface area contributed by atoms with Gasteiger partial charge in [0.1, 0.15) is 0 Å². The van der Waals surface area contributed by atoms with Gasteiger partial charge in [-0.2, -0.15) is 0 Å². The summed E-state index contributed by atoms with van der Waals surface area (Å²) in [7, 11) is 0. The summed E-state index contributed by atoms with van der Waals surface area (Å²) in [6.07, 6.45) is 2.98. The third kappa shape index (κ3) is 2.95. The molecule has 1 saturated heterocycles. The Morgan fingerprint density at radius 2 is 2.12 bits per heavy atom. The Bertz CT molecular complexity index is 248. The minimum absolute atomic E-state index is 0.0220. The summed E-state index contributed by atoms with van der Waals surface area (Å²) in [4.78, 5) is 14.0. The minimum atomic E-state index is -0.486. The Kier molecular flexibility index (Phi) is 4.33. The van der Waals surface area contributed by atoms with E-state index in [4.69, 9.17) is 5.73 Å². The summed E-state index contributed by atoms with van der Waals surface area (Å²) < 4.78 is 0. The maximum Gasteiger partial charge on any atom is 0.240 e. The van der Waals surface area contributed by atoms with Crippen molar-refractivity contribution in [1.29, 1.82) is 0 Å². The van der Waals surface area contributed by atoms with Gasteiger partial charge in [0.25, 0.3) is 0 Å². The first-order valence-corrected chi connectivity index (χ1v) is 6.05. The van der Waals surface area contributed by atoms with Gasteiger partial charge in [-0.05, 0) is 24.7 Å². The fourth-order valence-corrected chi connectivity index (χ4v) is 2.03. The van der Waals surface area contributed by atoms with E-state index in [2.05, 4.69) is 0 Å². The molecule has 3 N–H and O–H groups in total. The molecule has 1 rings (SSSR count). The lowest BCUT2D eigenvalue weighted by molar-refractivity contribution is -0.139. The number of likely N-dealkylation sites (tertiary alicyclic amines) is 1. The van der Waals surface area contributed by atoms with Crippen molar-refractivity contribution in [2.45, 2.75) is 52.1 Å². The van der Waals surface area contributed by atoms with Crippen LogP contribution in [0.1, 0.15) is 40.0 Å². The Morgan fingerprint density at radius 1 is 1.50 bits per heavy atom. The second kappa shape index (κ2) is 5.15. The molecule has 1 fully saturated rings. The van der Waals surface area contributed by atoms with E-state index < -0.39 is 6.04 Å². The molecule has 0 radical (unpaired) electrons. The number of hydrogen-bond acceptors (Lipinski definition) is 3. The van der Waals surface area contributed by atoms with Crippen LogP contribution in [0.2, 0.25) is 0 Å². The lowest BCUT2D eigenvalue weighted by Gasteiger charge is -2.39. The standard InChI is InChI=1S/C12H24N2O2/c1-12(2,3)10(13)11(16)14-7-5-4-6-9(14)8-15/h9-10,15H,4-8,13H2,1-3H3/t9?,10-/m0/s1. The topological polar surface area (TPSA) is 66.6 Å². The zero-order valence-corrected chi connectivity index (χ0v) is 10.6. The molecule has 0 aliphatic carbocycles. The minimum Gasteiger partial charge on any atom is -0.394 e. The van der Waals surface area contributed by atoms with Crippen molar-refractivity contribution in [2.75, 3.05) is 13.2 Å². The second-order valence-electron chi connectivity index (χ2n) is 5.71. The first kappa shape index (κ1) is 13.5. The first-order chi connectivity index (χ1) is 7.38. The molecule has 1 unspecified atom stereocenters. The van der Waals surface area contributed by atoms with Gasteiger partial charge in [-0.1, -0.05) is 20.8 Å². The maximum absolute atomic E-state index is 12.2. The molecule has 0 bridgehead atoms. The van der Waals surface area contributed by atoms with Crippen LogP contribution in [0.25, 0.3) is 0 Å². The van der Waals surface area contributed by atoms with Crippen LogP contribution in [-0.2, 0) is 4.79 Å². The van der Waals surface area contributed by atoms with Crippen LogP contribution >= 0.6 is 0 Å². The van der Waals surface area contributed by atoms with E-state index in [1.165, 1.54) is 0 Å². The SMILES string of the molecule is CC(C)(C)[C@@H](N)C(=O)N1CCCCC1CO. The van der Waals surface area contributed by atoms with E-state index in [0.717, 1.165) is 25.8 Å². The third-order valence-corrected chi connectivity index (χ3v) is 3.32. The van der Waals surface area contributed by atoms with Gasteiger partial charge < -0.3 is 15.7 Å².